The largest absolute Gasteiger partial charge is 0.320 e. The summed E-state index contributed by atoms with van der Waals surface area (Å²) >= 11 is 0. The van der Waals surface area contributed by atoms with Crippen LogP contribution in [0.25, 0.3) is 10.8 Å². The van der Waals surface area contributed by atoms with Gasteiger partial charge in [-0.1, -0.05) is 84.9 Å². The summed E-state index contributed by atoms with van der Waals surface area (Å²) in [7, 11) is 0. The van der Waals surface area contributed by atoms with Crippen molar-refractivity contribution in [1.82, 2.24) is 0 Å². The van der Waals surface area contributed by atoms with Gasteiger partial charge in [0.1, 0.15) is 0 Å². The number of anilines is 2. The number of carbonyl (C=O) groups is 1. The Morgan fingerprint density at radius 3 is 2.11 bits per heavy atom. The summed E-state index contributed by atoms with van der Waals surface area (Å²) in [6, 6.07) is 33.0. The molecule has 0 aliphatic heterocycles. The summed E-state index contributed by atoms with van der Waals surface area (Å²) in [5.74, 6) is -0.119. The van der Waals surface area contributed by atoms with Crippen LogP contribution in [0.5, 0.6) is 0 Å². The minimum Gasteiger partial charge on any atom is -0.320 e. The minimum atomic E-state index is -0.637. The fourth-order valence-corrected chi connectivity index (χ4v) is 3.49. The fraction of sp³-hybridized carbons (Fsp3) is 0.0800. The average molecular weight is 366 g/mol. The van der Waals surface area contributed by atoms with Crippen molar-refractivity contribution >= 4 is 28.1 Å². The topological polar surface area (TPSA) is 46.3 Å². The summed E-state index contributed by atoms with van der Waals surface area (Å²) in [6.07, 6.45) is 0.494. The van der Waals surface area contributed by atoms with E-state index in [2.05, 4.69) is 12.1 Å². The third-order valence-corrected chi connectivity index (χ3v) is 4.86. The van der Waals surface area contributed by atoms with E-state index in [0.717, 1.165) is 27.7 Å². The molecule has 3 nitrogen and oxygen atoms in total. The lowest BCUT2D eigenvalue weighted by molar-refractivity contribution is -0.119. The van der Waals surface area contributed by atoms with E-state index < -0.39 is 6.04 Å². The standard InChI is InChI=1S/C25H22N2O/c26-23(18-19-10-3-1-4-11-19)25(28)27(21-14-5-2-6-15-21)24-17-9-13-20-12-7-8-16-22(20)24/h1-17,23H,18,26H2/t23-/m1/s1. The molecular weight excluding hydrogens is 344 g/mol. The molecule has 2 N–H and O–H groups in total. The second-order valence-electron chi connectivity index (χ2n) is 6.80. The molecule has 0 aliphatic carbocycles. The quantitative estimate of drug-likeness (QED) is 0.536. The van der Waals surface area contributed by atoms with Gasteiger partial charge in [0.25, 0.3) is 0 Å². The van der Waals surface area contributed by atoms with Crippen LogP contribution >= 0.6 is 0 Å². The van der Waals surface area contributed by atoms with Gasteiger partial charge in [-0.3, -0.25) is 9.69 Å². The number of hydrogen-bond acceptors (Lipinski definition) is 2. The van der Waals surface area contributed by atoms with Crippen LogP contribution in [0.2, 0.25) is 0 Å². The molecule has 0 heterocycles. The Balaban J connectivity index is 1.77. The number of rotatable bonds is 5. The first-order valence-corrected chi connectivity index (χ1v) is 9.40. The highest BCUT2D eigenvalue weighted by Crippen LogP contribution is 2.33. The van der Waals surface area contributed by atoms with Gasteiger partial charge in [0.2, 0.25) is 5.91 Å². The molecular formula is C25H22N2O. The van der Waals surface area contributed by atoms with Crippen LogP contribution in [0, 0.1) is 0 Å². The maximum atomic E-state index is 13.5. The number of amides is 1. The molecule has 0 bridgehead atoms. The fourth-order valence-electron chi connectivity index (χ4n) is 3.49. The zero-order valence-corrected chi connectivity index (χ0v) is 15.5. The molecule has 1 atom stereocenters. The predicted molar refractivity (Wildman–Crippen MR) is 116 cm³/mol. The Kier molecular flexibility index (Phi) is 5.18. The van der Waals surface area contributed by atoms with Gasteiger partial charge in [0.05, 0.1) is 11.7 Å². The van der Waals surface area contributed by atoms with Crippen molar-refractivity contribution in [3.8, 4) is 0 Å². The molecule has 138 valence electrons. The summed E-state index contributed by atoms with van der Waals surface area (Å²) in [6.45, 7) is 0. The van der Waals surface area contributed by atoms with Crippen molar-refractivity contribution in [3.05, 3.63) is 109 Å². The van der Waals surface area contributed by atoms with E-state index in [1.165, 1.54) is 0 Å². The lowest BCUT2D eigenvalue weighted by atomic mass is 10.0. The smallest absolute Gasteiger partial charge is 0.248 e. The van der Waals surface area contributed by atoms with Crippen LogP contribution in [-0.4, -0.2) is 11.9 Å². The predicted octanol–water partition coefficient (Wildman–Crippen LogP) is 5.07. The first-order chi connectivity index (χ1) is 13.7. The van der Waals surface area contributed by atoms with Crippen molar-refractivity contribution in [2.45, 2.75) is 12.5 Å². The van der Waals surface area contributed by atoms with Gasteiger partial charge in [-0.15, -0.1) is 0 Å². The first-order valence-electron chi connectivity index (χ1n) is 9.40. The summed E-state index contributed by atoms with van der Waals surface area (Å²) in [5, 5.41) is 2.11. The Morgan fingerprint density at radius 2 is 1.36 bits per heavy atom. The van der Waals surface area contributed by atoms with Crippen molar-refractivity contribution in [3.63, 3.8) is 0 Å². The molecule has 0 fully saturated rings. The van der Waals surface area contributed by atoms with E-state index >= 15 is 0 Å². The number of fused-ring (bicyclic) bond motifs is 1. The molecule has 4 aromatic rings. The summed E-state index contributed by atoms with van der Waals surface area (Å²) < 4.78 is 0. The maximum Gasteiger partial charge on any atom is 0.248 e. The molecule has 0 spiro atoms. The Bertz CT molecular complexity index is 1070. The summed E-state index contributed by atoms with van der Waals surface area (Å²) in [4.78, 5) is 15.2. The van der Waals surface area contributed by atoms with Crippen molar-refractivity contribution in [2.75, 3.05) is 4.90 Å². The van der Waals surface area contributed by atoms with Crippen LogP contribution in [0.4, 0.5) is 11.4 Å². The van der Waals surface area contributed by atoms with Crippen LogP contribution in [0.15, 0.2) is 103 Å². The number of hydrogen-bond donors (Lipinski definition) is 1. The minimum absolute atomic E-state index is 0.119. The lowest BCUT2D eigenvalue weighted by Crippen LogP contribution is -2.43. The molecule has 0 saturated heterocycles. The molecule has 4 aromatic carbocycles. The Hall–Kier alpha value is -3.43. The first kappa shape index (κ1) is 18.0. The maximum absolute atomic E-state index is 13.5. The number of nitrogens with zero attached hydrogens (tertiary/aromatic N) is 1. The monoisotopic (exact) mass is 366 g/mol. The zero-order valence-electron chi connectivity index (χ0n) is 15.5. The van der Waals surface area contributed by atoms with E-state index in [1.54, 1.807) is 4.90 Å². The number of carbonyl (C=O) groups excluding carboxylic acids is 1. The van der Waals surface area contributed by atoms with Crippen molar-refractivity contribution in [1.29, 1.82) is 0 Å². The second-order valence-corrected chi connectivity index (χ2v) is 6.80. The zero-order chi connectivity index (χ0) is 19.3. The SMILES string of the molecule is N[C@H](Cc1ccccc1)C(=O)N(c1ccccc1)c1cccc2ccccc12. The number of nitrogens with two attached hydrogens (primary N) is 1. The molecule has 0 unspecified atom stereocenters. The third-order valence-electron chi connectivity index (χ3n) is 4.86. The second kappa shape index (κ2) is 8.07. The van der Waals surface area contributed by atoms with E-state index in [0.29, 0.717) is 6.42 Å². The highest BCUT2D eigenvalue weighted by molar-refractivity contribution is 6.10. The van der Waals surface area contributed by atoms with Crippen LogP contribution in [0.3, 0.4) is 0 Å². The van der Waals surface area contributed by atoms with Crippen molar-refractivity contribution in [2.24, 2.45) is 5.73 Å². The molecule has 3 heteroatoms. The van der Waals surface area contributed by atoms with Crippen LogP contribution in [0.1, 0.15) is 5.56 Å². The van der Waals surface area contributed by atoms with Gasteiger partial charge in [0, 0.05) is 11.1 Å². The van der Waals surface area contributed by atoms with Gasteiger partial charge in [-0.05, 0) is 35.6 Å². The normalized spacial score (nSPS) is 11.9. The van der Waals surface area contributed by atoms with Gasteiger partial charge in [-0.25, -0.2) is 0 Å². The van der Waals surface area contributed by atoms with Gasteiger partial charge >= 0.3 is 0 Å². The number of benzene rings is 4. The molecule has 4 rings (SSSR count). The van der Waals surface area contributed by atoms with E-state index in [1.807, 2.05) is 91.0 Å². The van der Waals surface area contributed by atoms with Gasteiger partial charge < -0.3 is 5.73 Å². The highest BCUT2D eigenvalue weighted by Gasteiger charge is 2.25. The van der Waals surface area contributed by atoms with E-state index in [9.17, 15) is 4.79 Å². The summed E-state index contributed by atoms with van der Waals surface area (Å²) in [5.41, 5.74) is 9.09. The Morgan fingerprint density at radius 1 is 0.750 bits per heavy atom. The molecule has 0 aromatic heterocycles. The number of para-hydroxylation sites is 1. The van der Waals surface area contributed by atoms with Gasteiger partial charge in [0.15, 0.2) is 0 Å². The molecule has 1 amide bonds. The Labute approximate surface area is 165 Å². The third kappa shape index (κ3) is 3.66. The molecule has 0 aliphatic rings. The van der Waals surface area contributed by atoms with E-state index in [4.69, 9.17) is 5.73 Å². The average Bonchev–Trinajstić information content (AvgIpc) is 2.75. The van der Waals surface area contributed by atoms with E-state index in [-0.39, 0.29) is 5.91 Å². The highest BCUT2D eigenvalue weighted by atomic mass is 16.2. The molecule has 28 heavy (non-hydrogen) atoms. The van der Waals surface area contributed by atoms with Crippen molar-refractivity contribution < 1.29 is 4.79 Å². The van der Waals surface area contributed by atoms with Crippen LogP contribution < -0.4 is 10.6 Å². The van der Waals surface area contributed by atoms with Gasteiger partial charge in [-0.2, -0.15) is 0 Å². The lowest BCUT2D eigenvalue weighted by Gasteiger charge is -2.27. The van der Waals surface area contributed by atoms with Crippen LogP contribution in [-0.2, 0) is 11.2 Å². The molecule has 0 saturated carbocycles. The molecule has 0 radical (unpaired) electrons.